The number of carboxylic acids is 1. The van der Waals surface area contributed by atoms with E-state index in [1.165, 1.54) is 4.57 Å². The zero-order chi connectivity index (χ0) is 22.0. The Morgan fingerprint density at radius 1 is 0.871 bits per heavy atom. The van der Waals surface area contributed by atoms with Gasteiger partial charge < -0.3 is 10.8 Å². The number of piperazine rings is 1. The van der Waals surface area contributed by atoms with Crippen molar-refractivity contribution < 1.29 is 14.7 Å². The summed E-state index contributed by atoms with van der Waals surface area (Å²) in [5.74, 6) is -1.43. The molecule has 8 heteroatoms. The van der Waals surface area contributed by atoms with Crippen LogP contribution in [-0.4, -0.2) is 64.1 Å². The van der Waals surface area contributed by atoms with Crippen molar-refractivity contribution in [3.8, 4) is 5.69 Å². The van der Waals surface area contributed by atoms with E-state index in [9.17, 15) is 19.5 Å². The minimum atomic E-state index is -1.07. The molecule has 2 aromatic carbocycles. The number of carboxylic acid groups (broad SMARTS) is 1. The van der Waals surface area contributed by atoms with Gasteiger partial charge in [0.15, 0.2) is 0 Å². The predicted molar refractivity (Wildman–Crippen MR) is 117 cm³/mol. The Kier molecular flexibility index (Phi) is 5.83. The molecule has 0 bridgehead atoms. The zero-order valence-corrected chi connectivity index (χ0v) is 17.0. The second-order valence-corrected chi connectivity index (χ2v) is 7.67. The lowest BCUT2D eigenvalue weighted by molar-refractivity contribution is -0.119. The van der Waals surface area contributed by atoms with Gasteiger partial charge in [0.05, 0.1) is 17.8 Å². The van der Waals surface area contributed by atoms with Crippen LogP contribution in [0.1, 0.15) is 16.1 Å². The molecule has 31 heavy (non-hydrogen) atoms. The number of primary amides is 1. The third-order valence-corrected chi connectivity index (χ3v) is 5.63. The smallest absolute Gasteiger partial charge is 0.338 e. The molecule has 1 saturated heterocycles. The number of para-hydroxylation sites is 1. The van der Waals surface area contributed by atoms with E-state index < -0.39 is 5.97 Å². The van der Waals surface area contributed by atoms with E-state index in [0.717, 1.165) is 0 Å². The van der Waals surface area contributed by atoms with Crippen molar-refractivity contribution in [1.29, 1.82) is 0 Å². The van der Waals surface area contributed by atoms with Crippen LogP contribution in [0.3, 0.4) is 0 Å². The number of aromatic nitrogens is 1. The van der Waals surface area contributed by atoms with Gasteiger partial charge in [0.2, 0.25) is 5.91 Å². The number of carbonyl (C=O) groups excluding carboxylic acids is 1. The molecule has 3 N–H and O–H groups in total. The molecule has 1 aromatic heterocycles. The number of benzene rings is 2. The minimum absolute atomic E-state index is 0.138. The lowest BCUT2D eigenvalue weighted by Gasteiger charge is -2.34. The molecule has 0 atom stereocenters. The molecule has 3 aromatic rings. The first-order valence-electron chi connectivity index (χ1n) is 10.1. The molecular weight excluding hydrogens is 396 g/mol. The summed E-state index contributed by atoms with van der Waals surface area (Å²) in [6, 6.07) is 15.9. The summed E-state index contributed by atoms with van der Waals surface area (Å²) in [7, 11) is 0. The summed E-state index contributed by atoms with van der Waals surface area (Å²) in [4.78, 5) is 41.0. The average Bonchev–Trinajstić information content (AvgIpc) is 2.75. The van der Waals surface area contributed by atoms with Crippen LogP contribution in [0.25, 0.3) is 16.5 Å². The van der Waals surface area contributed by atoms with Gasteiger partial charge in [0, 0.05) is 49.2 Å². The van der Waals surface area contributed by atoms with E-state index in [4.69, 9.17) is 5.73 Å². The largest absolute Gasteiger partial charge is 0.478 e. The van der Waals surface area contributed by atoms with Crippen molar-refractivity contribution in [2.45, 2.75) is 6.54 Å². The number of nitrogens with zero attached hydrogens (tertiary/aromatic N) is 3. The van der Waals surface area contributed by atoms with Crippen molar-refractivity contribution in [3.05, 3.63) is 76.2 Å². The number of amides is 1. The number of aromatic carboxylic acids is 1. The molecule has 0 aliphatic carbocycles. The molecule has 160 valence electrons. The van der Waals surface area contributed by atoms with Gasteiger partial charge in [-0.05, 0) is 18.2 Å². The molecule has 0 saturated carbocycles. The van der Waals surface area contributed by atoms with E-state index in [0.29, 0.717) is 54.9 Å². The zero-order valence-electron chi connectivity index (χ0n) is 17.0. The first kappa shape index (κ1) is 20.8. The molecule has 2 heterocycles. The molecule has 1 aliphatic heterocycles. The molecule has 1 fully saturated rings. The number of hydrogen-bond acceptors (Lipinski definition) is 5. The van der Waals surface area contributed by atoms with Crippen molar-refractivity contribution in [2.75, 3.05) is 32.7 Å². The molecular formula is C23H24N4O4. The van der Waals surface area contributed by atoms with Gasteiger partial charge in [0.1, 0.15) is 0 Å². The molecule has 8 nitrogen and oxygen atoms in total. The number of carbonyl (C=O) groups is 2. The van der Waals surface area contributed by atoms with Crippen molar-refractivity contribution in [2.24, 2.45) is 5.73 Å². The fourth-order valence-electron chi connectivity index (χ4n) is 4.17. The third-order valence-electron chi connectivity index (χ3n) is 5.63. The summed E-state index contributed by atoms with van der Waals surface area (Å²) in [6.07, 6.45) is 0. The van der Waals surface area contributed by atoms with Crippen LogP contribution in [0.5, 0.6) is 0 Å². The van der Waals surface area contributed by atoms with Crippen LogP contribution in [0.4, 0.5) is 0 Å². The Morgan fingerprint density at radius 3 is 2.06 bits per heavy atom. The Balaban J connectivity index is 1.82. The van der Waals surface area contributed by atoms with Gasteiger partial charge in [-0.1, -0.05) is 36.4 Å². The van der Waals surface area contributed by atoms with E-state index in [1.807, 2.05) is 23.1 Å². The van der Waals surface area contributed by atoms with Gasteiger partial charge >= 0.3 is 5.97 Å². The SMILES string of the molecule is NC(=O)CN1CCN(Cc2c(C(=O)O)c3ccccc3c(=O)n2-c2ccccc2)CC1. The van der Waals surface area contributed by atoms with Gasteiger partial charge in [-0.3, -0.25) is 24.0 Å². The van der Waals surface area contributed by atoms with Crippen LogP contribution in [0, 0.1) is 0 Å². The average molecular weight is 420 g/mol. The Bertz CT molecular complexity index is 1180. The number of nitrogens with two attached hydrogens (primary N) is 1. The Morgan fingerprint density at radius 2 is 1.45 bits per heavy atom. The summed E-state index contributed by atoms with van der Waals surface area (Å²) in [6.45, 7) is 3.09. The maximum absolute atomic E-state index is 13.4. The Hall–Kier alpha value is -3.49. The monoisotopic (exact) mass is 420 g/mol. The van der Waals surface area contributed by atoms with Crippen LogP contribution in [-0.2, 0) is 11.3 Å². The fraction of sp³-hybridized carbons (Fsp3) is 0.261. The standard InChI is InChI=1S/C23H24N4O4/c24-20(28)15-26-12-10-25(11-13-26)14-19-21(23(30)31)17-8-4-5-9-18(17)22(29)27(19)16-6-2-1-3-7-16/h1-9H,10-15H2,(H2,24,28)(H,30,31). The number of pyridine rings is 1. The van der Waals surface area contributed by atoms with Crippen molar-refractivity contribution in [1.82, 2.24) is 14.4 Å². The van der Waals surface area contributed by atoms with E-state index in [2.05, 4.69) is 4.90 Å². The summed E-state index contributed by atoms with van der Waals surface area (Å²) in [5, 5.41) is 10.9. The lowest BCUT2D eigenvalue weighted by atomic mass is 10.0. The van der Waals surface area contributed by atoms with E-state index >= 15 is 0 Å². The second-order valence-electron chi connectivity index (χ2n) is 7.67. The summed E-state index contributed by atoms with van der Waals surface area (Å²) < 4.78 is 1.52. The van der Waals surface area contributed by atoms with Crippen LogP contribution < -0.4 is 11.3 Å². The molecule has 1 aliphatic rings. The van der Waals surface area contributed by atoms with Crippen molar-refractivity contribution >= 4 is 22.6 Å². The number of fused-ring (bicyclic) bond motifs is 1. The topological polar surface area (TPSA) is 109 Å². The van der Waals surface area contributed by atoms with Crippen LogP contribution >= 0.6 is 0 Å². The summed E-state index contributed by atoms with van der Waals surface area (Å²) in [5.41, 5.74) is 6.26. The van der Waals surface area contributed by atoms with E-state index in [-0.39, 0.29) is 23.6 Å². The molecule has 0 spiro atoms. The fourth-order valence-corrected chi connectivity index (χ4v) is 4.17. The Labute approximate surface area is 179 Å². The maximum Gasteiger partial charge on any atom is 0.338 e. The quantitative estimate of drug-likeness (QED) is 0.622. The second kappa shape index (κ2) is 8.71. The van der Waals surface area contributed by atoms with Gasteiger partial charge in [-0.2, -0.15) is 0 Å². The highest BCUT2D eigenvalue weighted by Gasteiger charge is 2.25. The normalized spacial score (nSPS) is 15.2. The molecule has 1 amide bonds. The van der Waals surface area contributed by atoms with Crippen LogP contribution in [0.15, 0.2) is 59.4 Å². The summed E-state index contributed by atoms with van der Waals surface area (Å²) >= 11 is 0. The first-order chi connectivity index (χ1) is 15.0. The van der Waals surface area contributed by atoms with Gasteiger partial charge in [0.25, 0.3) is 5.56 Å². The highest BCUT2D eigenvalue weighted by atomic mass is 16.4. The molecule has 0 unspecified atom stereocenters. The van der Waals surface area contributed by atoms with Gasteiger partial charge in [-0.25, -0.2) is 4.79 Å². The highest BCUT2D eigenvalue weighted by molar-refractivity contribution is 6.04. The van der Waals surface area contributed by atoms with Crippen LogP contribution in [0.2, 0.25) is 0 Å². The van der Waals surface area contributed by atoms with E-state index in [1.54, 1.807) is 36.4 Å². The number of hydrogen-bond donors (Lipinski definition) is 2. The van der Waals surface area contributed by atoms with Crippen molar-refractivity contribution in [3.63, 3.8) is 0 Å². The first-order valence-corrected chi connectivity index (χ1v) is 10.1. The predicted octanol–water partition coefficient (Wildman–Crippen LogP) is 1.29. The molecule has 0 radical (unpaired) electrons. The molecule has 4 rings (SSSR count). The lowest BCUT2D eigenvalue weighted by Crippen LogP contribution is -2.49. The van der Waals surface area contributed by atoms with Gasteiger partial charge in [-0.15, -0.1) is 0 Å². The highest BCUT2D eigenvalue weighted by Crippen LogP contribution is 2.24. The third kappa shape index (κ3) is 4.21. The maximum atomic E-state index is 13.4. The number of rotatable bonds is 6. The minimum Gasteiger partial charge on any atom is -0.478 e.